The van der Waals surface area contributed by atoms with Crippen LogP contribution in [0.4, 0.5) is 0 Å². The van der Waals surface area contributed by atoms with E-state index >= 15 is 0 Å². The Labute approximate surface area is 141 Å². The number of hydrogen-bond acceptors (Lipinski definition) is 5. The number of carbonyl (C=O) groups is 1. The van der Waals surface area contributed by atoms with Crippen LogP contribution in [0.1, 0.15) is 47.5 Å². The third-order valence-corrected chi connectivity index (χ3v) is 6.29. The number of benzene rings is 1. The first kappa shape index (κ1) is 14.6. The second-order valence-corrected chi connectivity index (χ2v) is 8.48. The summed E-state index contributed by atoms with van der Waals surface area (Å²) in [4.78, 5) is 16.6. The molecule has 2 fully saturated rings. The van der Waals surface area contributed by atoms with Crippen molar-refractivity contribution in [1.82, 2.24) is 10.3 Å². The summed E-state index contributed by atoms with van der Waals surface area (Å²) in [5, 5.41) is 3.67. The van der Waals surface area contributed by atoms with Crippen LogP contribution in [0.15, 0.2) is 16.0 Å². The van der Waals surface area contributed by atoms with Gasteiger partial charge in [-0.15, -0.1) is 11.3 Å². The van der Waals surface area contributed by atoms with Crippen molar-refractivity contribution in [3.8, 4) is 0 Å². The molecule has 2 atom stereocenters. The number of thiazole rings is 1. The van der Waals surface area contributed by atoms with Gasteiger partial charge in [0.2, 0.25) is 0 Å². The van der Waals surface area contributed by atoms with Crippen molar-refractivity contribution < 1.29 is 9.53 Å². The predicted octanol–water partition coefficient (Wildman–Crippen LogP) is 3.84. The highest BCUT2D eigenvalue weighted by Crippen LogP contribution is 2.41. The third kappa shape index (κ3) is 2.47. The molecule has 0 aliphatic carbocycles. The van der Waals surface area contributed by atoms with Crippen LogP contribution in [0.2, 0.25) is 0 Å². The Morgan fingerprint density at radius 2 is 2.09 bits per heavy atom. The molecule has 116 valence electrons. The highest BCUT2D eigenvalue weighted by molar-refractivity contribution is 9.11. The first-order valence-electron chi connectivity index (χ1n) is 7.58. The number of nitrogens with one attached hydrogen (secondary N) is 1. The average molecular weight is 381 g/mol. The molecule has 2 bridgehead atoms. The maximum absolute atomic E-state index is 12.0. The minimum absolute atomic E-state index is 0.274. The first-order chi connectivity index (χ1) is 10.6. The molecule has 22 heavy (non-hydrogen) atoms. The number of fused-ring (bicyclic) bond motifs is 3. The lowest BCUT2D eigenvalue weighted by atomic mass is 9.85. The van der Waals surface area contributed by atoms with Crippen molar-refractivity contribution in [3.05, 3.63) is 27.2 Å². The molecule has 3 heterocycles. The molecule has 2 aliphatic rings. The van der Waals surface area contributed by atoms with Crippen molar-refractivity contribution in [2.75, 3.05) is 7.11 Å². The lowest BCUT2D eigenvalue weighted by Crippen LogP contribution is -2.37. The molecule has 0 spiro atoms. The van der Waals surface area contributed by atoms with E-state index in [9.17, 15) is 4.79 Å². The van der Waals surface area contributed by atoms with Gasteiger partial charge in [0.1, 0.15) is 0 Å². The van der Waals surface area contributed by atoms with E-state index in [2.05, 4.69) is 26.2 Å². The number of carbonyl (C=O) groups excluding carboxylic acids is 1. The van der Waals surface area contributed by atoms with Gasteiger partial charge < -0.3 is 10.1 Å². The van der Waals surface area contributed by atoms with Crippen molar-refractivity contribution in [1.29, 1.82) is 0 Å². The molecule has 0 amide bonds. The standard InChI is InChI=1S/C16H17BrN2O2S/c1-21-15(20)9-6-12(14-13(7-9)22-16(17)19-14)8-4-10-2-3-11(5-8)18-10/h6-8,10-11,18H,2-5H2,1H3. The monoisotopic (exact) mass is 380 g/mol. The van der Waals surface area contributed by atoms with E-state index < -0.39 is 0 Å². The zero-order chi connectivity index (χ0) is 15.3. The number of aromatic nitrogens is 1. The number of hydrogen-bond donors (Lipinski definition) is 1. The molecule has 1 aromatic carbocycles. The number of ether oxygens (including phenoxy) is 1. The zero-order valence-corrected chi connectivity index (χ0v) is 14.7. The molecule has 1 aromatic heterocycles. The SMILES string of the molecule is COC(=O)c1cc(C2CC3CCC(C2)N3)c2nc(Br)sc2c1. The quantitative estimate of drug-likeness (QED) is 0.803. The molecule has 6 heteroatoms. The van der Waals surface area contributed by atoms with Crippen molar-refractivity contribution in [3.63, 3.8) is 0 Å². The van der Waals surface area contributed by atoms with E-state index in [1.807, 2.05) is 12.1 Å². The minimum atomic E-state index is -0.274. The van der Waals surface area contributed by atoms with Crippen LogP contribution in [-0.4, -0.2) is 30.1 Å². The summed E-state index contributed by atoms with van der Waals surface area (Å²) in [6, 6.07) is 5.11. The van der Waals surface area contributed by atoms with E-state index in [1.165, 1.54) is 25.5 Å². The number of esters is 1. The van der Waals surface area contributed by atoms with Crippen molar-refractivity contribution in [2.24, 2.45) is 0 Å². The first-order valence-corrected chi connectivity index (χ1v) is 9.19. The Morgan fingerprint density at radius 1 is 1.36 bits per heavy atom. The van der Waals surface area contributed by atoms with Gasteiger partial charge >= 0.3 is 5.97 Å². The highest BCUT2D eigenvalue weighted by atomic mass is 79.9. The van der Waals surface area contributed by atoms with Gasteiger partial charge in [-0.3, -0.25) is 0 Å². The van der Waals surface area contributed by atoms with E-state index in [0.717, 1.165) is 27.0 Å². The van der Waals surface area contributed by atoms with E-state index in [1.54, 1.807) is 11.3 Å². The fraction of sp³-hybridized carbons (Fsp3) is 0.500. The molecule has 2 aliphatic heterocycles. The van der Waals surface area contributed by atoms with Gasteiger partial charge in [0.05, 0.1) is 22.9 Å². The summed E-state index contributed by atoms with van der Waals surface area (Å²) < 4.78 is 6.83. The molecule has 0 saturated carbocycles. The van der Waals surface area contributed by atoms with Crippen LogP contribution >= 0.6 is 27.3 Å². The number of methoxy groups -OCH3 is 1. The summed E-state index contributed by atoms with van der Waals surface area (Å²) >= 11 is 5.05. The van der Waals surface area contributed by atoms with E-state index in [-0.39, 0.29) is 5.97 Å². The maximum Gasteiger partial charge on any atom is 0.337 e. The van der Waals surface area contributed by atoms with Crippen molar-refractivity contribution in [2.45, 2.75) is 43.7 Å². The van der Waals surface area contributed by atoms with E-state index in [4.69, 9.17) is 4.74 Å². The Morgan fingerprint density at radius 3 is 2.77 bits per heavy atom. The van der Waals surface area contributed by atoms with Gasteiger partial charge in [-0.1, -0.05) is 0 Å². The fourth-order valence-electron chi connectivity index (χ4n) is 3.89. The predicted molar refractivity (Wildman–Crippen MR) is 90.6 cm³/mol. The van der Waals surface area contributed by atoms with Gasteiger partial charge in [-0.2, -0.15) is 0 Å². The largest absolute Gasteiger partial charge is 0.465 e. The summed E-state index contributed by atoms with van der Waals surface area (Å²) in [7, 11) is 1.43. The molecule has 0 radical (unpaired) electrons. The van der Waals surface area contributed by atoms with Gasteiger partial charge in [0.15, 0.2) is 3.92 Å². The van der Waals surface area contributed by atoms with E-state index in [0.29, 0.717) is 23.6 Å². The van der Waals surface area contributed by atoms with Gasteiger partial charge in [0.25, 0.3) is 0 Å². The van der Waals surface area contributed by atoms with Gasteiger partial charge in [-0.05, 0) is 65.2 Å². The molecule has 2 saturated heterocycles. The minimum Gasteiger partial charge on any atom is -0.465 e. The molecule has 4 nitrogen and oxygen atoms in total. The Balaban J connectivity index is 1.82. The van der Waals surface area contributed by atoms with Crippen LogP contribution in [0.3, 0.4) is 0 Å². The average Bonchev–Trinajstić information content (AvgIpc) is 3.06. The molecule has 2 aromatic rings. The Hall–Kier alpha value is -0.980. The second kappa shape index (κ2) is 5.58. The van der Waals surface area contributed by atoms with Crippen LogP contribution < -0.4 is 5.32 Å². The van der Waals surface area contributed by atoms with Crippen LogP contribution in [0.5, 0.6) is 0 Å². The van der Waals surface area contributed by atoms with Crippen LogP contribution in [0, 0.1) is 0 Å². The second-order valence-electron chi connectivity index (χ2n) is 6.18. The van der Waals surface area contributed by atoms with Gasteiger partial charge in [0, 0.05) is 12.1 Å². The molecule has 1 N–H and O–H groups in total. The van der Waals surface area contributed by atoms with Crippen molar-refractivity contribution >= 4 is 43.5 Å². The number of halogens is 1. The lowest BCUT2D eigenvalue weighted by molar-refractivity contribution is 0.0601. The fourth-order valence-corrected chi connectivity index (χ4v) is 5.35. The Kier molecular flexibility index (Phi) is 3.71. The third-order valence-electron chi connectivity index (χ3n) is 4.83. The Bertz CT molecular complexity index is 733. The number of rotatable bonds is 2. The molecule has 2 unspecified atom stereocenters. The lowest BCUT2D eigenvalue weighted by Gasteiger charge is -2.29. The number of piperidine rings is 1. The summed E-state index contributed by atoms with van der Waals surface area (Å²) in [6.07, 6.45) is 4.79. The summed E-state index contributed by atoms with van der Waals surface area (Å²) in [5.41, 5.74) is 2.88. The molecular formula is C16H17BrN2O2S. The topological polar surface area (TPSA) is 51.2 Å². The molecular weight excluding hydrogens is 364 g/mol. The summed E-state index contributed by atoms with van der Waals surface area (Å²) in [6.45, 7) is 0. The summed E-state index contributed by atoms with van der Waals surface area (Å²) in [5.74, 6) is 0.199. The smallest absolute Gasteiger partial charge is 0.337 e. The van der Waals surface area contributed by atoms with Gasteiger partial charge in [-0.25, -0.2) is 9.78 Å². The van der Waals surface area contributed by atoms with Crippen LogP contribution in [-0.2, 0) is 4.74 Å². The number of nitrogens with zero attached hydrogens (tertiary/aromatic N) is 1. The maximum atomic E-state index is 12.0. The van der Waals surface area contributed by atoms with Crippen LogP contribution in [0.25, 0.3) is 10.2 Å². The highest BCUT2D eigenvalue weighted by Gasteiger charge is 2.35. The molecule has 4 rings (SSSR count). The normalized spacial score (nSPS) is 27.3. The zero-order valence-electron chi connectivity index (χ0n) is 12.3.